The normalized spacial score (nSPS) is 19.4. The standard InChI is InChI=1S/C13H17FN2O2/c1-16(11-5-7-18-9-11)6-4-13(17)12-3-2-10(14)8-15-12/h2-3,8,11H,4-7,9H2,1H3. The molecule has 1 aromatic heterocycles. The van der Waals surface area contributed by atoms with E-state index in [0.717, 1.165) is 25.8 Å². The molecular weight excluding hydrogens is 235 g/mol. The summed E-state index contributed by atoms with van der Waals surface area (Å²) in [6.07, 6.45) is 2.48. The first-order chi connectivity index (χ1) is 8.66. The summed E-state index contributed by atoms with van der Waals surface area (Å²) in [4.78, 5) is 17.8. The first-order valence-electron chi connectivity index (χ1n) is 6.09. The van der Waals surface area contributed by atoms with Gasteiger partial charge in [0.25, 0.3) is 0 Å². The highest BCUT2D eigenvalue weighted by molar-refractivity contribution is 5.94. The molecule has 0 saturated carbocycles. The zero-order chi connectivity index (χ0) is 13.0. The Hall–Kier alpha value is -1.33. The van der Waals surface area contributed by atoms with Gasteiger partial charge in [-0.3, -0.25) is 9.78 Å². The lowest BCUT2D eigenvalue weighted by Crippen LogP contribution is -2.33. The van der Waals surface area contributed by atoms with Gasteiger partial charge < -0.3 is 9.64 Å². The highest BCUT2D eigenvalue weighted by atomic mass is 19.1. The van der Waals surface area contributed by atoms with Gasteiger partial charge in [0.15, 0.2) is 5.78 Å². The summed E-state index contributed by atoms with van der Waals surface area (Å²) in [5.41, 5.74) is 0.326. The van der Waals surface area contributed by atoms with Gasteiger partial charge in [-0.15, -0.1) is 0 Å². The van der Waals surface area contributed by atoms with E-state index >= 15 is 0 Å². The van der Waals surface area contributed by atoms with Crippen LogP contribution in [0.25, 0.3) is 0 Å². The molecule has 2 heterocycles. The maximum absolute atomic E-state index is 12.7. The third kappa shape index (κ3) is 3.34. The van der Waals surface area contributed by atoms with Crippen LogP contribution in [-0.4, -0.2) is 48.5 Å². The van der Waals surface area contributed by atoms with E-state index in [1.807, 2.05) is 7.05 Å². The molecule has 98 valence electrons. The number of hydrogen-bond acceptors (Lipinski definition) is 4. The van der Waals surface area contributed by atoms with E-state index in [1.54, 1.807) is 0 Å². The van der Waals surface area contributed by atoms with Crippen LogP contribution in [0.5, 0.6) is 0 Å². The molecule has 1 unspecified atom stereocenters. The summed E-state index contributed by atoms with van der Waals surface area (Å²) in [6.45, 7) is 2.20. The third-order valence-electron chi connectivity index (χ3n) is 3.23. The van der Waals surface area contributed by atoms with E-state index in [2.05, 4.69) is 9.88 Å². The topological polar surface area (TPSA) is 42.4 Å². The Labute approximate surface area is 106 Å². The first-order valence-corrected chi connectivity index (χ1v) is 6.09. The molecule has 1 atom stereocenters. The second-order valence-corrected chi connectivity index (χ2v) is 4.53. The molecule has 1 saturated heterocycles. The van der Waals surface area contributed by atoms with E-state index in [0.29, 0.717) is 24.7 Å². The van der Waals surface area contributed by atoms with Crippen LogP contribution in [0.1, 0.15) is 23.3 Å². The van der Waals surface area contributed by atoms with Crippen molar-refractivity contribution in [2.75, 3.05) is 26.8 Å². The smallest absolute Gasteiger partial charge is 0.182 e. The van der Waals surface area contributed by atoms with Crippen molar-refractivity contribution in [3.8, 4) is 0 Å². The lowest BCUT2D eigenvalue weighted by atomic mass is 10.1. The van der Waals surface area contributed by atoms with Gasteiger partial charge in [0.1, 0.15) is 11.5 Å². The first kappa shape index (κ1) is 13.1. The molecule has 1 fully saturated rings. The monoisotopic (exact) mass is 252 g/mol. The number of halogens is 1. The Morgan fingerprint density at radius 2 is 2.44 bits per heavy atom. The van der Waals surface area contributed by atoms with Gasteiger partial charge >= 0.3 is 0 Å². The number of pyridine rings is 1. The number of hydrogen-bond donors (Lipinski definition) is 0. The second-order valence-electron chi connectivity index (χ2n) is 4.53. The minimum atomic E-state index is -0.424. The van der Waals surface area contributed by atoms with Crippen LogP contribution in [0.2, 0.25) is 0 Å². The molecule has 0 amide bonds. The van der Waals surface area contributed by atoms with Crippen LogP contribution in [0.15, 0.2) is 18.3 Å². The summed E-state index contributed by atoms with van der Waals surface area (Å²) >= 11 is 0. The van der Waals surface area contributed by atoms with Crippen molar-refractivity contribution in [3.63, 3.8) is 0 Å². The number of nitrogens with zero attached hydrogens (tertiary/aromatic N) is 2. The maximum Gasteiger partial charge on any atom is 0.182 e. The molecule has 1 aliphatic rings. The number of ketones is 1. The number of carbonyl (C=O) groups excluding carboxylic acids is 1. The molecule has 0 spiro atoms. The highest BCUT2D eigenvalue weighted by Gasteiger charge is 2.20. The average Bonchev–Trinajstić information content (AvgIpc) is 2.90. The number of rotatable bonds is 5. The summed E-state index contributed by atoms with van der Waals surface area (Å²) in [5, 5.41) is 0. The SMILES string of the molecule is CN(CCC(=O)c1ccc(F)cn1)C1CCOC1. The lowest BCUT2D eigenvalue weighted by Gasteiger charge is -2.22. The van der Waals surface area contributed by atoms with E-state index in [4.69, 9.17) is 4.74 Å². The van der Waals surface area contributed by atoms with E-state index < -0.39 is 5.82 Å². The molecule has 0 aromatic carbocycles. The van der Waals surface area contributed by atoms with Gasteiger partial charge in [0, 0.05) is 25.6 Å². The van der Waals surface area contributed by atoms with Crippen molar-refractivity contribution in [2.45, 2.75) is 18.9 Å². The molecule has 0 N–H and O–H groups in total. The zero-order valence-corrected chi connectivity index (χ0v) is 10.4. The maximum atomic E-state index is 12.7. The highest BCUT2D eigenvalue weighted by Crippen LogP contribution is 2.11. The van der Waals surface area contributed by atoms with Gasteiger partial charge in [0.2, 0.25) is 0 Å². The molecule has 18 heavy (non-hydrogen) atoms. The van der Waals surface area contributed by atoms with E-state index in [-0.39, 0.29) is 5.78 Å². The molecule has 4 nitrogen and oxygen atoms in total. The van der Waals surface area contributed by atoms with Crippen LogP contribution < -0.4 is 0 Å². The second kappa shape index (κ2) is 6.02. The molecule has 2 rings (SSSR count). The largest absolute Gasteiger partial charge is 0.380 e. The summed E-state index contributed by atoms with van der Waals surface area (Å²) in [7, 11) is 1.99. The Kier molecular flexibility index (Phi) is 4.38. The van der Waals surface area contributed by atoms with Gasteiger partial charge in [-0.2, -0.15) is 0 Å². The van der Waals surface area contributed by atoms with E-state index in [1.165, 1.54) is 12.1 Å². The lowest BCUT2D eigenvalue weighted by molar-refractivity contribution is 0.0949. The molecule has 0 aliphatic carbocycles. The van der Waals surface area contributed by atoms with Gasteiger partial charge in [-0.05, 0) is 25.6 Å². The summed E-state index contributed by atoms with van der Waals surface area (Å²) in [5.74, 6) is -0.479. The number of likely N-dealkylation sites (N-methyl/N-ethyl adjacent to an activating group) is 1. The van der Waals surface area contributed by atoms with E-state index in [9.17, 15) is 9.18 Å². The number of Topliss-reactive ketones (excluding diaryl/α,β-unsaturated/α-hetero) is 1. The Bertz CT molecular complexity index is 402. The minimum Gasteiger partial charge on any atom is -0.380 e. The third-order valence-corrected chi connectivity index (χ3v) is 3.23. The minimum absolute atomic E-state index is 0.0548. The average molecular weight is 252 g/mol. The van der Waals surface area contributed by atoms with Crippen molar-refractivity contribution in [2.24, 2.45) is 0 Å². The van der Waals surface area contributed by atoms with Crippen LogP contribution >= 0.6 is 0 Å². The van der Waals surface area contributed by atoms with Gasteiger partial charge in [-0.25, -0.2) is 4.39 Å². The Morgan fingerprint density at radius 1 is 1.61 bits per heavy atom. The number of ether oxygens (including phenoxy) is 1. The van der Waals surface area contributed by atoms with Crippen LogP contribution in [0.3, 0.4) is 0 Å². The zero-order valence-electron chi connectivity index (χ0n) is 10.4. The van der Waals surface area contributed by atoms with Crippen molar-refractivity contribution in [3.05, 3.63) is 29.8 Å². The van der Waals surface area contributed by atoms with Gasteiger partial charge in [0.05, 0.1) is 12.8 Å². The van der Waals surface area contributed by atoms with Gasteiger partial charge in [-0.1, -0.05) is 0 Å². The molecule has 1 aromatic rings. The van der Waals surface area contributed by atoms with Crippen LogP contribution in [-0.2, 0) is 4.74 Å². The molecule has 0 radical (unpaired) electrons. The van der Waals surface area contributed by atoms with Crippen LogP contribution in [0, 0.1) is 5.82 Å². The molecule has 5 heteroatoms. The van der Waals surface area contributed by atoms with Crippen LogP contribution in [0.4, 0.5) is 4.39 Å². The fourth-order valence-electron chi connectivity index (χ4n) is 2.00. The predicted octanol–water partition coefficient (Wildman–Crippen LogP) is 1.51. The number of aromatic nitrogens is 1. The van der Waals surface area contributed by atoms with Crippen molar-refractivity contribution >= 4 is 5.78 Å². The van der Waals surface area contributed by atoms with Crippen molar-refractivity contribution < 1.29 is 13.9 Å². The molecular formula is C13H17FN2O2. The summed E-state index contributed by atoms with van der Waals surface area (Å²) in [6, 6.07) is 3.09. The Balaban J connectivity index is 1.82. The molecule has 0 bridgehead atoms. The molecule has 1 aliphatic heterocycles. The summed E-state index contributed by atoms with van der Waals surface area (Å²) < 4.78 is 18.0. The number of carbonyl (C=O) groups is 1. The van der Waals surface area contributed by atoms with Crippen molar-refractivity contribution in [1.29, 1.82) is 0 Å². The fourth-order valence-corrected chi connectivity index (χ4v) is 2.00. The fraction of sp³-hybridized carbons (Fsp3) is 0.538. The van der Waals surface area contributed by atoms with Crippen molar-refractivity contribution in [1.82, 2.24) is 9.88 Å². The predicted molar refractivity (Wildman–Crippen MR) is 65.0 cm³/mol. The quantitative estimate of drug-likeness (QED) is 0.745. The Morgan fingerprint density at radius 3 is 3.06 bits per heavy atom.